The summed E-state index contributed by atoms with van der Waals surface area (Å²) in [6.45, 7) is 3.11. The van der Waals surface area contributed by atoms with Crippen molar-refractivity contribution >= 4 is 5.97 Å². The number of piperidine rings is 1. The molecular formula is C23H29NO4. The molecule has 1 aliphatic rings. The van der Waals surface area contributed by atoms with E-state index in [9.17, 15) is 9.90 Å². The lowest BCUT2D eigenvalue weighted by molar-refractivity contribution is -0.147. The van der Waals surface area contributed by atoms with Gasteiger partial charge in [0.2, 0.25) is 0 Å². The molecule has 1 heterocycles. The summed E-state index contributed by atoms with van der Waals surface area (Å²) in [5.41, 5.74) is 2.11. The van der Waals surface area contributed by atoms with E-state index < -0.39 is 6.10 Å². The number of aliphatic hydroxyl groups is 1. The van der Waals surface area contributed by atoms with E-state index in [-0.39, 0.29) is 18.5 Å². The molecular weight excluding hydrogens is 354 g/mol. The molecule has 5 nitrogen and oxygen atoms in total. The molecule has 28 heavy (non-hydrogen) atoms. The SMILES string of the molecule is COC(=O)C1CCN(CCc2ccc(OCC(O)c3ccccc3)cc2)CC1. The van der Waals surface area contributed by atoms with Gasteiger partial charge in [0, 0.05) is 6.54 Å². The number of benzene rings is 2. The molecule has 1 unspecified atom stereocenters. The Balaban J connectivity index is 1.39. The van der Waals surface area contributed by atoms with Crippen molar-refractivity contribution in [1.82, 2.24) is 4.90 Å². The number of esters is 1. The van der Waals surface area contributed by atoms with Crippen molar-refractivity contribution in [1.29, 1.82) is 0 Å². The van der Waals surface area contributed by atoms with Gasteiger partial charge in [-0.2, -0.15) is 0 Å². The first-order chi connectivity index (χ1) is 13.7. The number of methoxy groups -OCH3 is 1. The minimum atomic E-state index is -0.631. The number of carbonyl (C=O) groups excluding carboxylic acids is 1. The highest BCUT2D eigenvalue weighted by molar-refractivity contribution is 5.72. The predicted octanol–water partition coefficient (Wildman–Crippen LogP) is 3.23. The molecule has 0 amide bonds. The van der Waals surface area contributed by atoms with Gasteiger partial charge in [-0.15, -0.1) is 0 Å². The summed E-state index contributed by atoms with van der Waals surface area (Å²) in [7, 11) is 1.46. The lowest BCUT2D eigenvalue weighted by Gasteiger charge is -2.30. The highest BCUT2D eigenvalue weighted by Gasteiger charge is 2.25. The Labute approximate surface area is 166 Å². The van der Waals surface area contributed by atoms with Gasteiger partial charge in [-0.1, -0.05) is 42.5 Å². The fourth-order valence-corrected chi connectivity index (χ4v) is 3.55. The molecule has 1 fully saturated rings. The van der Waals surface area contributed by atoms with Gasteiger partial charge in [0.15, 0.2) is 0 Å². The van der Waals surface area contributed by atoms with Crippen molar-refractivity contribution in [2.45, 2.75) is 25.4 Å². The number of carbonyl (C=O) groups is 1. The Bertz CT molecular complexity index is 724. The van der Waals surface area contributed by atoms with E-state index in [1.165, 1.54) is 12.7 Å². The minimum Gasteiger partial charge on any atom is -0.491 e. The Hall–Kier alpha value is -2.37. The lowest BCUT2D eigenvalue weighted by Crippen LogP contribution is -2.37. The molecule has 1 saturated heterocycles. The second-order valence-corrected chi connectivity index (χ2v) is 7.27. The third-order valence-electron chi connectivity index (χ3n) is 5.35. The van der Waals surface area contributed by atoms with Crippen LogP contribution in [0.15, 0.2) is 54.6 Å². The van der Waals surface area contributed by atoms with Crippen LogP contribution in [0.1, 0.15) is 30.1 Å². The Morgan fingerprint density at radius 3 is 2.43 bits per heavy atom. The number of likely N-dealkylation sites (tertiary alicyclic amines) is 1. The van der Waals surface area contributed by atoms with Crippen LogP contribution in [0.25, 0.3) is 0 Å². The van der Waals surface area contributed by atoms with Gasteiger partial charge in [-0.25, -0.2) is 0 Å². The van der Waals surface area contributed by atoms with Crippen molar-refractivity contribution < 1.29 is 19.4 Å². The van der Waals surface area contributed by atoms with E-state index in [0.29, 0.717) is 0 Å². The molecule has 5 heteroatoms. The highest BCUT2D eigenvalue weighted by atomic mass is 16.5. The zero-order chi connectivity index (χ0) is 19.8. The monoisotopic (exact) mass is 383 g/mol. The van der Waals surface area contributed by atoms with Gasteiger partial charge >= 0.3 is 5.97 Å². The second-order valence-electron chi connectivity index (χ2n) is 7.27. The normalized spacial score (nSPS) is 16.5. The predicted molar refractivity (Wildman–Crippen MR) is 108 cm³/mol. The zero-order valence-corrected chi connectivity index (χ0v) is 16.4. The third-order valence-corrected chi connectivity index (χ3v) is 5.35. The van der Waals surface area contributed by atoms with Gasteiger partial charge in [-0.3, -0.25) is 4.79 Å². The van der Waals surface area contributed by atoms with E-state index in [1.807, 2.05) is 42.5 Å². The molecule has 1 N–H and O–H groups in total. The molecule has 0 spiro atoms. The van der Waals surface area contributed by atoms with Crippen LogP contribution in [0.5, 0.6) is 5.75 Å². The average molecular weight is 383 g/mol. The molecule has 150 valence electrons. The fraction of sp³-hybridized carbons (Fsp3) is 0.435. The number of hydrogen-bond acceptors (Lipinski definition) is 5. The maximum Gasteiger partial charge on any atom is 0.308 e. The molecule has 3 rings (SSSR count). The van der Waals surface area contributed by atoms with Gasteiger partial charge < -0.3 is 19.5 Å². The lowest BCUT2D eigenvalue weighted by atomic mass is 9.97. The van der Waals surface area contributed by atoms with Crippen molar-refractivity contribution in [3.63, 3.8) is 0 Å². The van der Waals surface area contributed by atoms with Crippen molar-refractivity contribution in [3.8, 4) is 5.75 Å². The molecule has 0 bridgehead atoms. The first-order valence-corrected chi connectivity index (χ1v) is 9.90. The highest BCUT2D eigenvalue weighted by Crippen LogP contribution is 2.20. The molecule has 1 aliphatic heterocycles. The molecule has 2 aromatic rings. The summed E-state index contributed by atoms with van der Waals surface area (Å²) in [6, 6.07) is 17.6. The van der Waals surface area contributed by atoms with Gasteiger partial charge in [0.25, 0.3) is 0 Å². The average Bonchev–Trinajstić information content (AvgIpc) is 2.77. The van der Waals surface area contributed by atoms with Crippen molar-refractivity contribution in [2.75, 3.05) is 33.4 Å². The second kappa shape index (κ2) is 10.2. The fourth-order valence-electron chi connectivity index (χ4n) is 3.55. The van der Waals surface area contributed by atoms with Crippen LogP contribution in [0.4, 0.5) is 0 Å². The van der Waals surface area contributed by atoms with Crippen molar-refractivity contribution in [2.24, 2.45) is 5.92 Å². The zero-order valence-electron chi connectivity index (χ0n) is 16.4. The van der Waals surface area contributed by atoms with Crippen LogP contribution in [0.3, 0.4) is 0 Å². The summed E-state index contributed by atoms with van der Waals surface area (Å²) >= 11 is 0. The molecule has 1 atom stereocenters. The number of aliphatic hydroxyl groups excluding tert-OH is 1. The van der Waals surface area contributed by atoms with Crippen LogP contribution in [-0.2, 0) is 16.0 Å². The smallest absolute Gasteiger partial charge is 0.308 e. The van der Waals surface area contributed by atoms with E-state index in [4.69, 9.17) is 9.47 Å². The molecule has 0 radical (unpaired) electrons. The summed E-state index contributed by atoms with van der Waals surface area (Å²) in [6.07, 6.45) is 2.09. The molecule has 0 aliphatic carbocycles. The largest absolute Gasteiger partial charge is 0.491 e. The van der Waals surface area contributed by atoms with Crippen LogP contribution < -0.4 is 4.74 Å². The summed E-state index contributed by atoms with van der Waals surface area (Å²) in [5, 5.41) is 10.2. The quantitative estimate of drug-likeness (QED) is 0.709. The van der Waals surface area contributed by atoms with Crippen LogP contribution >= 0.6 is 0 Å². The van der Waals surface area contributed by atoms with Crippen LogP contribution in [0, 0.1) is 5.92 Å². The summed E-state index contributed by atoms with van der Waals surface area (Å²) in [5.74, 6) is 0.745. The first-order valence-electron chi connectivity index (χ1n) is 9.90. The number of ether oxygens (including phenoxy) is 2. The van der Waals surface area contributed by atoms with E-state index in [1.54, 1.807) is 0 Å². The Morgan fingerprint density at radius 2 is 1.79 bits per heavy atom. The number of nitrogens with zero attached hydrogens (tertiary/aromatic N) is 1. The number of hydrogen-bond donors (Lipinski definition) is 1. The minimum absolute atomic E-state index is 0.0592. The van der Waals surface area contributed by atoms with E-state index in [0.717, 1.165) is 50.2 Å². The maximum atomic E-state index is 11.6. The van der Waals surface area contributed by atoms with E-state index >= 15 is 0 Å². The van der Waals surface area contributed by atoms with Crippen LogP contribution in [-0.4, -0.2) is 49.3 Å². The van der Waals surface area contributed by atoms with Gasteiger partial charge in [0.05, 0.1) is 13.0 Å². The van der Waals surface area contributed by atoms with Crippen molar-refractivity contribution in [3.05, 3.63) is 65.7 Å². The van der Waals surface area contributed by atoms with Gasteiger partial charge in [0.1, 0.15) is 18.5 Å². The topological polar surface area (TPSA) is 59.0 Å². The Kier molecular flexibility index (Phi) is 7.46. The van der Waals surface area contributed by atoms with Gasteiger partial charge in [-0.05, 0) is 55.6 Å². The third kappa shape index (κ3) is 5.81. The standard InChI is InChI=1S/C23H29NO4/c1-27-23(26)20-12-15-24(16-13-20)14-11-18-7-9-21(10-8-18)28-17-22(25)19-5-3-2-4-6-19/h2-10,20,22,25H,11-17H2,1H3. The molecule has 0 aromatic heterocycles. The van der Waals surface area contributed by atoms with Crippen LogP contribution in [0.2, 0.25) is 0 Å². The first kappa shape index (κ1) is 20.4. The summed E-state index contributed by atoms with van der Waals surface area (Å²) < 4.78 is 10.6. The summed E-state index contributed by atoms with van der Waals surface area (Å²) in [4.78, 5) is 14.0. The number of rotatable bonds is 8. The Morgan fingerprint density at radius 1 is 1.11 bits per heavy atom. The maximum absolute atomic E-state index is 11.6. The molecule has 2 aromatic carbocycles. The molecule has 0 saturated carbocycles. The van der Waals surface area contributed by atoms with E-state index in [2.05, 4.69) is 17.0 Å².